The Hall–Kier alpha value is -1.85. The Kier molecular flexibility index (Phi) is 10.6. The molecular formula is C24H35FN2O5S2. The van der Waals surface area contributed by atoms with Crippen LogP contribution in [0.25, 0.3) is 0 Å². The Morgan fingerprint density at radius 1 is 1.24 bits per heavy atom. The van der Waals surface area contributed by atoms with Crippen molar-refractivity contribution in [3.8, 4) is 0 Å². The number of sulfonamides is 1. The van der Waals surface area contributed by atoms with Crippen LogP contribution >= 0.6 is 11.3 Å². The molecular weight excluding hydrogens is 479 g/mol. The molecule has 1 aromatic heterocycles. The lowest BCUT2D eigenvalue weighted by molar-refractivity contribution is -0.137. The van der Waals surface area contributed by atoms with Gasteiger partial charge >= 0.3 is 5.97 Å². The molecule has 0 aliphatic rings. The van der Waals surface area contributed by atoms with Crippen LogP contribution in [0.5, 0.6) is 0 Å². The molecule has 0 bridgehead atoms. The number of rotatable bonds is 15. The number of hydrogen-bond donors (Lipinski definition) is 3. The average molecular weight is 515 g/mol. The van der Waals surface area contributed by atoms with Crippen molar-refractivity contribution in [3.05, 3.63) is 52.0 Å². The van der Waals surface area contributed by atoms with Gasteiger partial charge in [-0.1, -0.05) is 6.07 Å². The van der Waals surface area contributed by atoms with E-state index < -0.39 is 27.9 Å². The number of carbonyl (C=O) groups is 1. The number of thiophene rings is 1. The quantitative estimate of drug-likeness (QED) is 0.335. The molecule has 0 fully saturated rings. The van der Waals surface area contributed by atoms with Crippen LogP contribution in [0.15, 0.2) is 40.6 Å². The highest BCUT2D eigenvalue weighted by Gasteiger charge is 2.25. The summed E-state index contributed by atoms with van der Waals surface area (Å²) in [6.45, 7) is 4.17. The first-order valence-electron chi connectivity index (χ1n) is 11.3. The Bertz CT molecular complexity index is 1030. The topological polar surface area (TPSA) is 107 Å². The second-order valence-corrected chi connectivity index (χ2v) is 12.3. The van der Waals surface area contributed by atoms with Crippen molar-refractivity contribution in [2.24, 2.45) is 0 Å². The highest BCUT2D eigenvalue weighted by atomic mass is 32.2. The largest absolute Gasteiger partial charge is 0.481 e. The van der Waals surface area contributed by atoms with Crippen molar-refractivity contribution in [1.29, 1.82) is 0 Å². The number of halogens is 1. The molecule has 3 N–H and O–H groups in total. The molecule has 2 rings (SSSR count). The summed E-state index contributed by atoms with van der Waals surface area (Å²) in [6.07, 6.45) is 2.41. The second kappa shape index (κ2) is 12.7. The molecule has 0 saturated carbocycles. The van der Waals surface area contributed by atoms with Gasteiger partial charge in [-0.15, -0.1) is 11.3 Å². The van der Waals surface area contributed by atoms with Crippen molar-refractivity contribution >= 4 is 27.3 Å². The SMILES string of the molecule is CN(C[C@H](O)CNC(C)(C)CCCc1cccs1)S(=O)(=O)c1cc(F)cc(CCCC(=O)O)c1. The molecule has 0 saturated heterocycles. The van der Waals surface area contributed by atoms with Crippen LogP contribution in [0.1, 0.15) is 50.0 Å². The van der Waals surface area contributed by atoms with Gasteiger partial charge in [0.25, 0.3) is 0 Å². The highest BCUT2D eigenvalue weighted by molar-refractivity contribution is 7.89. The van der Waals surface area contributed by atoms with Crippen LogP contribution in [-0.2, 0) is 27.7 Å². The number of nitrogens with one attached hydrogen (secondary N) is 1. The Morgan fingerprint density at radius 2 is 1.97 bits per heavy atom. The molecule has 7 nitrogen and oxygen atoms in total. The summed E-state index contributed by atoms with van der Waals surface area (Å²) in [4.78, 5) is 11.8. The summed E-state index contributed by atoms with van der Waals surface area (Å²) in [6, 6.07) is 7.66. The Balaban J connectivity index is 1.89. The van der Waals surface area contributed by atoms with Crippen molar-refractivity contribution in [3.63, 3.8) is 0 Å². The van der Waals surface area contributed by atoms with Gasteiger partial charge in [-0.3, -0.25) is 4.79 Å². The fraction of sp³-hybridized carbons (Fsp3) is 0.542. The maximum Gasteiger partial charge on any atom is 0.303 e. The fourth-order valence-corrected chi connectivity index (χ4v) is 5.68. The van der Waals surface area contributed by atoms with Gasteiger partial charge in [0.05, 0.1) is 11.0 Å². The van der Waals surface area contributed by atoms with Gasteiger partial charge in [-0.05, 0) is 81.2 Å². The van der Waals surface area contributed by atoms with Crippen LogP contribution in [0.4, 0.5) is 4.39 Å². The smallest absolute Gasteiger partial charge is 0.303 e. The van der Waals surface area contributed by atoms with Crippen LogP contribution < -0.4 is 5.32 Å². The minimum atomic E-state index is -4.02. The Labute approximate surface area is 205 Å². The summed E-state index contributed by atoms with van der Waals surface area (Å²) >= 11 is 1.74. The third kappa shape index (κ3) is 9.42. The number of carboxylic acids is 1. The number of nitrogens with zero attached hydrogens (tertiary/aromatic N) is 1. The average Bonchev–Trinajstić information content (AvgIpc) is 3.25. The number of aliphatic carboxylic acids is 1. The summed E-state index contributed by atoms with van der Waals surface area (Å²) < 4.78 is 41.0. The van der Waals surface area contributed by atoms with Gasteiger partial charge in [0, 0.05) is 37.0 Å². The van der Waals surface area contributed by atoms with Crippen LogP contribution in [0.2, 0.25) is 0 Å². The molecule has 0 unspecified atom stereocenters. The summed E-state index contributed by atoms with van der Waals surface area (Å²) in [5.74, 6) is -1.66. The van der Waals surface area contributed by atoms with E-state index in [1.807, 2.05) is 19.9 Å². The first-order chi connectivity index (χ1) is 15.9. The van der Waals surface area contributed by atoms with E-state index in [2.05, 4.69) is 16.8 Å². The van der Waals surface area contributed by atoms with Gasteiger partial charge in [-0.25, -0.2) is 12.8 Å². The second-order valence-electron chi connectivity index (χ2n) is 9.18. The van der Waals surface area contributed by atoms with Gasteiger partial charge < -0.3 is 15.5 Å². The zero-order chi connectivity index (χ0) is 25.4. The van der Waals surface area contributed by atoms with E-state index in [9.17, 15) is 22.7 Å². The zero-order valence-electron chi connectivity index (χ0n) is 20.0. The zero-order valence-corrected chi connectivity index (χ0v) is 21.6. The van der Waals surface area contributed by atoms with Crippen molar-refractivity contribution in [1.82, 2.24) is 9.62 Å². The number of aliphatic hydroxyl groups excluding tert-OH is 1. The van der Waals surface area contributed by atoms with Crippen LogP contribution in [0.3, 0.4) is 0 Å². The molecule has 10 heteroatoms. The number of β-amino-alcohol motifs (C(OH)–C–C–N with tert-alkyl or cyclic N) is 1. The van der Waals surface area contributed by atoms with Gasteiger partial charge in [0.15, 0.2) is 0 Å². The summed E-state index contributed by atoms with van der Waals surface area (Å²) in [5, 5.41) is 24.6. The molecule has 0 aliphatic carbocycles. The molecule has 1 atom stereocenters. The number of aliphatic hydroxyl groups is 1. The third-order valence-electron chi connectivity index (χ3n) is 5.58. The van der Waals surface area contributed by atoms with E-state index in [4.69, 9.17) is 5.11 Å². The molecule has 0 radical (unpaired) electrons. The number of aryl methyl sites for hydroxylation is 2. The monoisotopic (exact) mass is 514 g/mol. The number of benzene rings is 1. The summed E-state index contributed by atoms with van der Waals surface area (Å²) in [7, 11) is -2.68. The number of hydrogen-bond acceptors (Lipinski definition) is 6. The molecule has 0 amide bonds. The predicted octanol–water partition coefficient (Wildman–Crippen LogP) is 3.67. The maximum atomic E-state index is 14.1. The molecule has 0 aliphatic heterocycles. The lowest BCUT2D eigenvalue weighted by Gasteiger charge is -2.29. The lowest BCUT2D eigenvalue weighted by atomic mass is 9.96. The fourth-order valence-electron chi connectivity index (χ4n) is 3.64. The first-order valence-corrected chi connectivity index (χ1v) is 13.6. The molecule has 1 heterocycles. The number of carboxylic acid groups (broad SMARTS) is 1. The van der Waals surface area contributed by atoms with Gasteiger partial charge in [0.1, 0.15) is 5.82 Å². The normalized spacial score (nSPS) is 13.4. The minimum Gasteiger partial charge on any atom is -0.481 e. The minimum absolute atomic E-state index is 0.0813. The van der Waals surface area contributed by atoms with E-state index in [1.165, 1.54) is 24.1 Å². The Morgan fingerprint density at radius 3 is 2.62 bits per heavy atom. The standard InChI is InChI=1S/C24H35FN2O5S2/c1-24(2,11-5-8-21-9-6-12-33-21)26-16-20(28)17-27(3)34(31,32)22-14-18(13-19(25)15-22)7-4-10-23(29)30/h6,9,12-15,20,26,28H,4-5,7-8,10-11,16-17H2,1-3H3,(H,29,30)/t20-/m1/s1. The van der Waals surface area contributed by atoms with E-state index in [1.54, 1.807) is 11.3 Å². The van der Waals surface area contributed by atoms with E-state index in [0.717, 1.165) is 29.6 Å². The van der Waals surface area contributed by atoms with Crippen molar-refractivity contribution in [2.45, 2.75) is 68.9 Å². The summed E-state index contributed by atoms with van der Waals surface area (Å²) in [5.41, 5.74) is 0.197. The predicted molar refractivity (Wildman–Crippen MR) is 132 cm³/mol. The van der Waals surface area contributed by atoms with Crippen molar-refractivity contribution in [2.75, 3.05) is 20.1 Å². The first kappa shape index (κ1) is 28.4. The molecule has 34 heavy (non-hydrogen) atoms. The van der Waals surface area contributed by atoms with E-state index in [0.29, 0.717) is 5.56 Å². The van der Waals surface area contributed by atoms with E-state index >= 15 is 0 Å². The molecule has 0 spiro atoms. The van der Waals surface area contributed by atoms with Crippen LogP contribution in [0, 0.1) is 5.82 Å². The number of likely N-dealkylation sites (N-methyl/N-ethyl adjacent to an activating group) is 1. The van der Waals surface area contributed by atoms with Crippen molar-refractivity contribution < 1.29 is 27.8 Å². The van der Waals surface area contributed by atoms with Crippen LogP contribution in [-0.4, -0.2) is 60.7 Å². The lowest BCUT2D eigenvalue weighted by Crippen LogP contribution is -2.46. The highest BCUT2D eigenvalue weighted by Crippen LogP contribution is 2.20. The van der Waals surface area contributed by atoms with E-state index in [-0.39, 0.29) is 42.8 Å². The third-order valence-corrected chi connectivity index (χ3v) is 8.32. The van der Waals surface area contributed by atoms with Gasteiger partial charge in [0.2, 0.25) is 10.0 Å². The molecule has 190 valence electrons. The molecule has 1 aromatic carbocycles. The molecule has 2 aromatic rings. The van der Waals surface area contributed by atoms with Gasteiger partial charge in [-0.2, -0.15) is 4.31 Å². The maximum absolute atomic E-state index is 14.1.